The van der Waals surface area contributed by atoms with E-state index in [0.29, 0.717) is 30.6 Å². The van der Waals surface area contributed by atoms with Crippen molar-refractivity contribution in [2.45, 2.75) is 45.3 Å². The highest BCUT2D eigenvalue weighted by Crippen LogP contribution is 2.24. The molecule has 2 rings (SSSR count). The minimum absolute atomic E-state index is 0.316. The average molecular weight is 263 g/mol. The van der Waals surface area contributed by atoms with Crippen molar-refractivity contribution in [3.8, 4) is 0 Å². The Morgan fingerprint density at radius 3 is 2.79 bits per heavy atom. The monoisotopic (exact) mass is 263 g/mol. The van der Waals surface area contributed by atoms with Crippen molar-refractivity contribution in [1.29, 1.82) is 0 Å². The van der Waals surface area contributed by atoms with Crippen LogP contribution in [0.4, 0.5) is 5.69 Å². The summed E-state index contributed by atoms with van der Waals surface area (Å²) >= 11 is 0. The SMILES string of the molecule is CCOC(=O)c1c(N)cccc1COC1CCCC1. The van der Waals surface area contributed by atoms with Gasteiger partial charge in [0.15, 0.2) is 0 Å². The van der Waals surface area contributed by atoms with Crippen LogP contribution in [0.25, 0.3) is 0 Å². The Hall–Kier alpha value is -1.55. The maximum Gasteiger partial charge on any atom is 0.340 e. The number of hydrogen-bond donors (Lipinski definition) is 1. The van der Waals surface area contributed by atoms with E-state index in [2.05, 4.69) is 0 Å². The summed E-state index contributed by atoms with van der Waals surface area (Å²) in [7, 11) is 0. The van der Waals surface area contributed by atoms with Crippen LogP contribution >= 0.6 is 0 Å². The third kappa shape index (κ3) is 3.47. The number of ether oxygens (including phenoxy) is 2. The van der Waals surface area contributed by atoms with Gasteiger partial charge in [-0.1, -0.05) is 25.0 Å². The minimum Gasteiger partial charge on any atom is -0.462 e. The van der Waals surface area contributed by atoms with Crippen molar-refractivity contribution in [1.82, 2.24) is 0 Å². The zero-order valence-corrected chi connectivity index (χ0v) is 11.4. The predicted octanol–water partition coefficient (Wildman–Crippen LogP) is 2.90. The molecule has 0 amide bonds. The topological polar surface area (TPSA) is 61.5 Å². The molecule has 1 aromatic carbocycles. The third-order valence-corrected chi connectivity index (χ3v) is 3.44. The highest BCUT2D eigenvalue weighted by molar-refractivity contribution is 5.96. The number of anilines is 1. The molecule has 2 N–H and O–H groups in total. The van der Waals surface area contributed by atoms with Crippen molar-refractivity contribution in [3.05, 3.63) is 29.3 Å². The molecule has 4 nitrogen and oxygen atoms in total. The first-order valence-corrected chi connectivity index (χ1v) is 6.88. The van der Waals surface area contributed by atoms with Crippen LogP contribution in [0.3, 0.4) is 0 Å². The fourth-order valence-corrected chi connectivity index (χ4v) is 2.46. The Balaban J connectivity index is 2.09. The molecule has 0 unspecified atom stereocenters. The molecule has 0 aliphatic heterocycles. The zero-order chi connectivity index (χ0) is 13.7. The second kappa shape index (κ2) is 6.57. The largest absolute Gasteiger partial charge is 0.462 e. The first-order chi connectivity index (χ1) is 9.22. The van der Waals surface area contributed by atoms with Crippen molar-refractivity contribution in [2.75, 3.05) is 12.3 Å². The van der Waals surface area contributed by atoms with E-state index in [0.717, 1.165) is 18.4 Å². The van der Waals surface area contributed by atoms with E-state index < -0.39 is 0 Å². The van der Waals surface area contributed by atoms with Gasteiger partial charge in [0.25, 0.3) is 0 Å². The zero-order valence-electron chi connectivity index (χ0n) is 11.4. The number of nitrogen functional groups attached to an aromatic ring is 1. The molecule has 4 heteroatoms. The molecule has 19 heavy (non-hydrogen) atoms. The molecule has 1 aliphatic rings. The molecule has 1 saturated carbocycles. The molecule has 1 aromatic rings. The molecule has 1 fully saturated rings. The molecule has 1 aliphatic carbocycles. The van der Waals surface area contributed by atoms with Gasteiger partial charge in [0.05, 0.1) is 24.9 Å². The lowest BCUT2D eigenvalue weighted by atomic mass is 10.1. The van der Waals surface area contributed by atoms with Crippen molar-refractivity contribution in [2.24, 2.45) is 0 Å². The Labute approximate surface area is 113 Å². The number of benzene rings is 1. The van der Waals surface area contributed by atoms with Gasteiger partial charge in [0.1, 0.15) is 0 Å². The first kappa shape index (κ1) is 13.9. The van der Waals surface area contributed by atoms with E-state index in [9.17, 15) is 4.79 Å². The van der Waals surface area contributed by atoms with E-state index in [-0.39, 0.29) is 5.97 Å². The number of carbonyl (C=O) groups excluding carboxylic acids is 1. The molecule has 0 radical (unpaired) electrons. The van der Waals surface area contributed by atoms with Gasteiger partial charge in [-0.05, 0) is 31.4 Å². The fourth-order valence-electron chi connectivity index (χ4n) is 2.46. The van der Waals surface area contributed by atoms with Crippen LogP contribution in [0.1, 0.15) is 48.5 Å². The first-order valence-electron chi connectivity index (χ1n) is 6.88. The van der Waals surface area contributed by atoms with Crippen molar-refractivity contribution < 1.29 is 14.3 Å². The fraction of sp³-hybridized carbons (Fsp3) is 0.533. The van der Waals surface area contributed by atoms with Crippen LogP contribution in [0.2, 0.25) is 0 Å². The molecule has 104 valence electrons. The van der Waals surface area contributed by atoms with Gasteiger partial charge >= 0.3 is 5.97 Å². The summed E-state index contributed by atoms with van der Waals surface area (Å²) in [6.07, 6.45) is 4.99. The van der Waals surface area contributed by atoms with E-state index in [1.807, 2.05) is 12.1 Å². The van der Waals surface area contributed by atoms with Gasteiger partial charge < -0.3 is 15.2 Å². The molecule has 0 saturated heterocycles. The van der Waals surface area contributed by atoms with Crippen molar-refractivity contribution >= 4 is 11.7 Å². The molecule has 0 bridgehead atoms. The third-order valence-electron chi connectivity index (χ3n) is 3.44. The standard InChI is InChI=1S/C15H21NO3/c1-2-18-15(17)14-11(6-5-9-13(14)16)10-19-12-7-3-4-8-12/h5-6,9,12H,2-4,7-8,10,16H2,1H3. The average Bonchev–Trinajstić information content (AvgIpc) is 2.89. The number of nitrogens with two attached hydrogens (primary N) is 1. The second-order valence-corrected chi connectivity index (χ2v) is 4.82. The van der Waals surface area contributed by atoms with E-state index in [1.54, 1.807) is 13.0 Å². The predicted molar refractivity (Wildman–Crippen MR) is 73.9 cm³/mol. The number of rotatable bonds is 5. The summed E-state index contributed by atoms with van der Waals surface area (Å²) in [5.74, 6) is -0.370. The summed E-state index contributed by atoms with van der Waals surface area (Å²) in [6.45, 7) is 2.55. The Bertz CT molecular complexity index is 439. The van der Waals surface area contributed by atoms with Crippen LogP contribution in [-0.2, 0) is 16.1 Å². The molecule has 0 aromatic heterocycles. The van der Waals surface area contributed by atoms with Crippen molar-refractivity contribution in [3.63, 3.8) is 0 Å². The quantitative estimate of drug-likeness (QED) is 0.655. The van der Waals surface area contributed by atoms with Gasteiger partial charge in [0.2, 0.25) is 0 Å². The van der Waals surface area contributed by atoms with Gasteiger partial charge in [0, 0.05) is 5.69 Å². The molecular formula is C15H21NO3. The Morgan fingerprint density at radius 2 is 2.11 bits per heavy atom. The van der Waals surface area contributed by atoms with Gasteiger partial charge in [-0.25, -0.2) is 4.79 Å². The smallest absolute Gasteiger partial charge is 0.340 e. The lowest BCUT2D eigenvalue weighted by molar-refractivity contribution is 0.0417. The number of carbonyl (C=O) groups is 1. The van der Waals surface area contributed by atoms with Crippen LogP contribution < -0.4 is 5.73 Å². The van der Waals surface area contributed by atoms with Crippen LogP contribution in [0, 0.1) is 0 Å². The highest BCUT2D eigenvalue weighted by atomic mass is 16.5. The molecule has 0 spiro atoms. The normalized spacial score (nSPS) is 15.6. The summed E-state index contributed by atoms with van der Waals surface area (Å²) in [5.41, 5.74) is 7.59. The van der Waals surface area contributed by atoms with Gasteiger partial charge in [-0.2, -0.15) is 0 Å². The summed E-state index contributed by atoms with van der Waals surface area (Å²) in [6, 6.07) is 5.42. The summed E-state index contributed by atoms with van der Waals surface area (Å²) < 4.78 is 10.9. The van der Waals surface area contributed by atoms with Gasteiger partial charge in [-0.3, -0.25) is 0 Å². The Morgan fingerprint density at radius 1 is 1.37 bits per heavy atom. The minimum atomic E-state index is -0.370. The van der Waals surface area contributed by atoms with E-state index in [4.69, 9.17) is 15.2 Å². The maximum atomic E-state index is 11.9. The van der Waals surface area contributed by atoms with E-state index >= 15 is 0 Å². The summed E-state index contributed by atoms with van der Waals surface area (Å²) in [4.78, 5) is 11.9. The molecule has 0 atom stereocenters. The lowest BCUT2D eigenvalue weighted by Crippen LogP contribution is -2.14. The lowest BCUT2D eigenvalue weighted by Gasteiger charge is -2.14. The van der Waals surface area contributed by atoms with Crippen LogP contribution in [0.15, 0.2) is 18.2 Å². The Kier molecular flexibility index (Phi) is 4.80. The molecular weight excluding hydrogens is 242 g/mol. The van der Waals surface area contributed by atoms with Gasteiger partial charge in [-0.15, -0.1) is 0 Å². The van der Waals surface area contributed by atoms with E-state index in [1.165, 1.54) is 12.8 Å². The summed E-state index contributed by atoms with van der Waals surface area (Å²) in [5, 5.41) is 0. The highest BCUT2D eigenvalue weighted by Gasteiger charge is 2.19. The number of esters is 1. The van der Waals surface area contributed by atoms with Crippen LogP contribution in [0.5, 0.6) is 0 Å². The second-order valence-electron chi connectivity index (χ2n) is 4.82. The molecule has 0 heterocycles. The van der Waals surface area contributed by atoms with Crippen LogP contribution in [-0.4, -0.2) is 18.7 Å². The number of hydrogen-bond acceptors (Lipinski definition) is 4. The maximum absolute atomic E-state index is 11.9.